The Bertz CT molecular complexity index is 673. The van der Waals surface area contributed by atoms with Gasteiger partial charge in [0, 0.05) is 10.7 Å². The number of halogens is 1. The molecule has 1 amide bonds. The number of nitrogen functional groups attached to an aromatic ring is 1. The largest absolute Gasteiger partial charge is 0.490 e. The summed E-state index contributed by atoms with van der Waals surface area (Å²) in [5.41, 5.74) is 7.46. The van der Waals surface area contributed by atoms with Gasteiger partial charge in [0.05, 0.1) is 17.8 Å². The number of para-hydroxylation sites is 2. The van der Waals surface area contributed by atoms with Crippen LogP contribution >= 0.6 is 11.6 Å². The van der Waals surface area contributed by atoms with E-state index in [1.807, 2.05) is 24.3 Å². The lowest BCUT2D eigenvalue weighted by Gasteiger charge is -2.29. The molecule has 2 aromatic carbocycles. The summed E-state index contributed by atoms with van der Waals surface area (Å²) in [4.78, 5) is 14.3. The van der Waals surface area contributed by atoms with E-state index in [1.54, 1.807) is 23.1 Å². The molecule has 0 saturated carbocycles. The van der Waals surface area contributed by atoms with Gasteiger partial charge in [0.25, 0.3) is 5.91 Å². The van der Waals surface area contributed by atoms with Gasteiger partial charge in [-0.05, 0) is 30.3 Å². The maximum atomic E-state index is 12.7. The van der Waals surface area contributed by atoms with E-state index in [9.17, 15) is 4.79 Å². The predicted molar refractivity (Wildman–Crippen MR) is 79.5 cm³/mol. The molecule has 0 spiro atoms. The standard InChI is InChI=1S/C15H13ClN2O2/c16-10-5-6-12(17)11(9-10)15(19)18-7-8-20-14-4-2-1-3-13(14)18/h1-6,9H,7-8,17H2. The first-order valence-corrected chi connectivity index (χ1v) is 6.63. The van der Waals surface area contributed by atoms with Crippen molar-refractivity contribution < 1.29 is 9.53 Å². The molecule has 102 valence electrons. The van der Waals surface area contributed by atoms with Crippen molar-refractivity contribution in [3.05, 3.63) is 53.1 Å². The first kappa shape index (κ1) is 12.8. The summed E-state index contributed by atoms with van der Waals surface area (Å²) in [6, 6.07) is 12.3. The van der Waals surface area contributed by atoms with Crippen LogP contribution in [0, 0.1) is 0 Å². The molecule has 0 atom stereocenters. The van der Waals surface area contributed by atoms with Crippen LogP contribution in [-0.2, 0) is 0 Å². The third-order valence-electron chi connectivity index (χ3n) is 3.22. The van der Waals surface area contributed by atoms with Gasteiger partial charge in [-0.1, -0.05) is 23.7 Å². The fourth-order valence-corrected chi connectivity index (χ4v) is 2.41. The first-order chi connectivity index (χ1) is 9.66. The number of nitrogens with zero attached hydrogens (tertiary/aromatic N) is 1. The number of fused-ring (bicyclic) bond motifs is 1. The lowest BCUT2D eigenvalue weighted by molar-refractivity contribution is 0.0977. The lowest BCUT2D eigenvalue weighted by atomic mass is 10.1. The van der Waals surface area contributed by atoms with Gasteiger partial charge >= 0.3 is 0 Å². The van der Waals surface area contributed by atoms with Gasteiger partial charge in [-0.2, -0.15) is 0 Å². The van der Waals surface area contributed by atoms with Crippen LogP contribution in [-0.4, -0.2) is 19.1 Å². The summed E-state index contributed by atoms with van der Waals surface area (Å²) in [7, 11) is 0. The number of hydrogen-bond acceptors (Lipinski definition) is 3. The van der Waals surface area contributed by atoms with Crippen LogP contribution in [0.5, 0.6) is 5.75 Å². The van der Waals surface area contributed by atoms with E-state index in [1.165, 1.54) is 0 Å². The number of anilines is 2. The van der Waals surface area contributed by atoms with E-state index in [4.69, 9.17) is 22.1 Å². The summed E-state index contributed by atoms with van der Waals surface area (Å²) >= 11 is 5.95. The molecule has 1 aliphatic rings. The van der Waals surface area contributed by atoms with Gasteiger partial charge in [-0.25, -0.2) is 0 Å². The monoisotopic (exact) mass is 288 g/mol. The minimum absolute atomic E-state index is 0.166. The molecule has 0 bridgehead atoms. The molecule has 4 nitrogen and oxygen atoms in total. The zero-order valence-corrected chi connectivity index (χ0v) is 11.4. The van der Waals surface area contributed by atoms with Crippen LogP contribution < -0.4 is 15.4 Å². The van der Waals surface area contributed by atoms with Crippen molar-refractivity contribution in [2.45, 2.75) is 0 Å². The highest BCUT2D eigenvalue weighted by Crippen LogP contribution is 2.33. The van der Waals surface area contributed by atoms with Gasteiger partial charge < -0.3 is 15.4 Å². The number of carbonyl (C=O) groups excluding carboxylic acids is 1. The highest BCUT2D eigenvalue weighted by molar-refractivity contribution is 6.31. The molecule has 0 fully saturated rings. The minimum Gasteiger partial charge on any atom is -0.490 e. The number of rotatable bonds is 1. The van der Waals surface area contributed by atoms with Crippen LogP contribution in [0.1, 0.15) is 10.4 Å². The molecule has 5 heteroatoms. The van der Waals surface area contributed by atoms with E-state index in [0.29, 0.717) is 35.2 Å². The highest BCUT2D eigenvalue weighted by atomic mass is 35.5. The van der Waals surface area contributed by atoms with E-state index in [2.05, 4.69) is 0 Å². The molecular weight excluding hydrogens is 276 g/mol. The van der Waals surface area contributed by atoms with Crippen molar-refractivity contribution in [3.63, 3.8) is 0 Å². The molecule has 0 unspecified atom stereocenters. The van der Waals surface area contributed by atoms with Crippen molar-refractivity contribution >= 4 is 28.9 Å². The smallest absolute Gasteiger partial charge is 0.260 e. The maximum Gasteiger partial charge on any atom is 0.260 e. The molecule has 2 N–H and O–H groups in total. The topological polar surface area (TPSA) is 55.6 Å². The predicted octanol–water partition coefficient (Wildman–Crippen LogP) is 2.96. The Morgan fingerprint density at radius 1 is 1.25 bits per heavy atom. The second-order valence-electron chi connectivity index (χ2n) is 4.50. The van der Waals surface area contributed by atoms with E-state index < -0.39 is 0 Å². The maximum absolute atomic E-state index is 12.7. The van der Waals surface area contributed by atoms with Gasteiger partial charge in [0.1, 0.15) is 12.4 Å². The summed E-state index contributed by atoms with van der Waals surface area (Å²) in [5.74, 6) is 0.536. The fraction of sp³-hybridized carbons (Fsp3) is 0.133. The summed E-state index contributed by atoms with van der Waals surface area (Å²) in [6.07, 6.45) is 0. The van der Waals surface area contributed by atoms with Crippen LogP contribution in [0.25, 0.3) is 0 Å². The van der Waals surface area contributed by atoms with Crippen molar-refractivity contribution in [2.24, 2.45) is 0 Å². The average Bonchev–Trinajstić information content (AvgIpc) is 2.48. The van der Waals surface area contributed by atoms with Gasteiger partial charge in [-0.15, -0.1) is 0 Å². The summed E-state index contributed by atoms with van der Waals surface area (Å²) in [6.45, 7) is 0.949. The van der Waals surface area contributed by atoms with Crippen molar-refractivity contribution in [2.75, 3.05) is 23.8 Å². The van der Waals surface area contributed by atoms with E-state index in [-0.39, 0.29) is 5.91 Å². The van der Waals surface area contributed by atoms with Crippen LogP contribution in [0.4, 0.5) is 11.4 Å². The quantitative estimate of drug-likeness (QED) is 0.821. The Morgan fingerprint density at radius 2 is 2.05 bits per heavy atom. The Morgan fingerprint density at radius 3 is 2.90 bits per heavy atom. The lowest BCUT2D eigenvalue weighted by Crippen LogP contribution is -2.38. The van der Waals surface area contributed by atoms with Crippen molar-refractivity contribution in [3.8, 4) is 5.75 Å². The SMILES string of the molecule is Nc1ccc(Cl)cc1C(=O)N1CCOc2ccccc21. The molecule has 0 aromatic heterocycles. The minimum atomic E-state index is -0.166. The van der Waals surface area contributed by atoms with E-state index in [0.717, 1.165) is 5.69 Å². The Kier molecular flexibility index (Phi) is 3.24. The molecule has 2 aromatic rings. The highest BCUT2D eigenvalue weighted by Gasteiger charge is 2.25. The third-order valence-corrected chi connectivity index (χ3v) is 3.45. The van der Waals surface area contributed by atoms with Crippen molar-refractivity contribution in [1.29, 1.82) is 0 Å². The molecule has 3 rings (SSSR count). The van der Waals surface area contributed by atoms with Gasteiger partial charge in [0.15, 0.2) is 0 Å². The Labute approximate surface area is 121 Å². The first-order valence-electron chi connectivity index (χ1n) is 6.25. The molecule has 1 heterocycles. The van der Waals surface area contributed by atoms with Gasteiger partial charge in [0.2, 0.25) is 0 Å². The van der Waals surface area contributed by atoms with Crippen LogP contribution in [0.15, 0.2) is 42.5 Å². The summed E-state index contributed by atoms with van der Waals surface area (Å²) < 4.78 is 5.54. The van der Waals surface area contributed by atoms with Crippen LogP contribution in [0.3, 0.4) is 0 Å². The van der Waals surface area contributed by atoms with Crippen LogP contribution in [0.2, 0.25) is 5.02 Å². The molecule has 1 aliphatic heterocycles. The molecule has 0 saturated heterocycles. The van der Waals surface area contributed by atoms with E-state index >= 15 is 0 Å². The molecule has 0 radical (unpaired) electrons. The zero-order valence-electron chi connectivity index (χ0n) is 10.7. The summed E-state index contributed by atoms with van der Waals surface area (Å²) in [5, 5.41) is 0.490. The normalized spacial score (nSPS) is 13.6. The van der Waals surface area contributed by atoms with Gasteiger partial charge in [-0.3, -0.25) is 4.79 Å². The second kappa shape index (κ2) is 5.06. The second-order valence-corrected chi connectivity index (χ2v) is 4.94. The molecule has 20 heavy (non-hydrogen) atoms. The zero-order chi connectivity index (χ0) is 14.1. The number of nitrogens with two attached hydrogens (primary N) is 1. The fourth-order valence-electron chi connectivity index (χ4n) is 2.24. The number of benzene rings is 2. The average molecular weight is 289 g/mol. The third kappa shape index (κ3) is 2.18. The Balaban J connectivity index is 2.02. The number of amides is 1. The number of carbonyl (C=O) groups is 1. The number of ether oxygens (including phenoxy) is 1. The molecule has 0 aliphatic carbocycles. The number of hydrogen-bond donors (Lipinski definition) is 1. The molecular formula is C15H13ClN2O2. The van der Waals surface area contributed by atoms with Crippen molar-refractivity contribution in [1.82, 2.24) is 0 Å². The Hall–Kier alpha value is -2.20.